The van der Waals surface area contributed by atoms with Crippen LogP contribution in [0.2, 0.25) is 0 Å². The normalized spacial score (nSPS) is 12.5. The van der Waals surface area contributed by atoms with Crippen molar-refractivity contribution in [3.63, 3.8) is 0 Å². The molecule has 0 bridgehead atoms. The molecule has 0 saturated carbocycles. The van der Waals surface area contributed by atoms with Gasteiger partial charge < -0.3 is 10.2 Å². The van der Waals surface area contributed by atoms with Gasteiger partial charge >= 0.3 is 0 Å². The summed E-state index contributed by atoms with van der Waals surface area (Å²) in [6.45, 7) is 9.33. The molecule has 0 radical (unpaired) electrons. The summed E-state index contributed by atoms with van der Waals surface area (Å²) in [6, 6.07) is 2.54. The summed E-state index contributed by atoms with van der Waals surface area (Å²) in [6.07, 6.45) is 1.60. The third-order valence-corrected chi connectivity index (χ3v) is 3.65. The quantitative estimate of drug-likeness (QED) is 0.835. The lowest BCUT2D eigenvalue weighted by atomic mass is 10.0. The Bertz CT molecular complexity index is 502. The molecular weight excluding hydrogens is 262 g/mol. The maximum Gasteiger partial charge on any atom is 0.167 e. The van der Waals surface area contributed by atoms with Crippen LogP contribution in [0.4, 0.5) is 5.82 Å². The van der Waals surface area contributed by atoms with Crippen LogP contribution in [0.25, 0.3) is 0 Å². The molecule has 5 nitrogen and oxygen atoms in total. The van der Waals surface area contributed by atoms with Gasteiger partial charge in [0.25, 0.3) is 0 Å². The molecule has 5 heteroatoms. The van der Waals surface area contributed by atoms with Crippen LogP contribution in [0.15, 0.2) is 0 Å². The minimum absolute atomic E-state index is 0.235. The van der Waals surface area contributed by atoms with Crippen molar-refractivity contribution in [3.8, 4) is 6.07 Å². The largest absolute Gasteiger partial charge is 0.363 e. The lowest BCUT2D eigenvalue weighted by molar-refractivity contribution is 0.344. The van der Waals surface area contributed by atoms with Crippen molar-refractivity contribution in [1.82, 2.24) is 15.1 Å². The second-order valence-electron chi connectivity index (χ2n) is 5.92. The van der Waals surface area contributed by atoms with Crippen LogP contribution in [-0.4, -0.2) is 41.8 Å². The van der Waals surface area contributed by atoms with Crippen LogP contribution in [0, 0.1) is 17.2 Å². The lowest BCUT2D eigenvalue weighted by Gasteiger charge is -2.26. The van der Waals surface area contributed by atoms with Crippen molar-refractivity contribution in [1.29, 1.82) is 5.26 Å². The van der Waals surface area contributed by atoms with Gasteiger partial charge in [0, 0.05) is 12.6 Å². The first-order chi connectivity index (χ1) is 9.94. The fourth-order valence-electron chi connectivity index (χ4n) is 2.39. The van der Waals surface area contributed by atoms with Gasteiger partial charge in [0.1, 0.15) is 11.6 Å². The Morgan fingerprint density at radius 2 is 1.86 bits per heavy atom. The van der Waals surface area contributed by atoms with Crippen LogP contribution < -0.4 is 5.32 Å². The molecule has 1 rings (SSSR count). The van der Waals surface area contributed by atoms with E-state index < -0.39 is 0 Å². The van der Waals surface area contributed by atoms with Crippen LogP contribution in [0.1, 0.15) is 44.5 Å². The van der Waals surface area contributed by atoms with Crippen LogP contribution >= 0.6 is 0 Å². The van der Waals surface area contributed by atoms with Gasteiger partial charge in [0.05, 0.1) is 5.69 Å². The van der Waals surface area contributed by atoms with E-state index >= 15 is 0 Å². The summed E-state index contributed by atoms with van der Waals surface area (Å²) in [5.41, 5.74) is 2.59. The molecule has 0 aliphatic carbocycles. The maximum atomic E-state index is 9.52. The predicted octanol–water partition coefficient (Wildman–Crippen LogP) is 2.47. The van der Waals surface area contributed by atoms with Gasteiger partial charge in [-0.25, -0.2) is 0 Å². The summed E-state index contributed by atoms with van der Waals surface area (Å²) in [5.74, 6) is 1.06. The maximum absolute atomic E-state index is 9.52. The first-order valence-corrected chi connectivity index (χ1v) is 7.64. The molecular formula is C16H27N5. The molecule has 21 heavy (non-hydrogen) atoms. The second-order valence-corrected chi connectivity index (χ2v) is 5.92. The number of rotatable bonds is 7. The second kappa shape index (κ2) is 7.94. The first kappa shape index (κ1) is 17.4. The Balaban J connectivity index is 3.15. The molecule has 1 aromatic rings. The van der Waals surface area contributed by atoms with E-state index in [2.05, 4.69) is 47.3 Å². The Hall–Kier alpha value is -1.67. The number of likely N-dealkylation sites (N-methyl/N-ethyl adjacent to an activating group) is 1. The van der Waals surface area contributed by atoms with Crippen molar-refractivity contribution >= 4 is 5.82 Å². The molecule has 1 N–H and O–H groups in total. The zero-order valence-electron chi connectivity index (χ0n) is 14.1. The topological polar surface area (TPSA) is 64.8 Å². The Morgan fingerprint density at radius 1 is 1.19 bits per heavy atom. The minimum atomic E-state index is 0.235. The highest BCUT2D eigenvalue weighted by Crippen LogP contribution is 2.21. The number of aromatic nitrogens is 2. The van der Waals surface area contributed by atoms with Gasteiger partial charge in [-0.15, -0.1) is 5.10 Å². The molecule has 1 atom stereocenters. The van der Waals surface area contributed by atoms with E-state index in [0.717, 1.165) is 30.6 Å². The van der Waals surface area contributed by atoms with Crippen molar-refractivity contribution in [2.45, 2.75) is 46.6 Å². The number of hydrogen-bond acceptors (Lipinski definition) is 5. The van der Waals surface area contributed by atoms with Gasteiger partial charge in [-0.3, -0.25) is 0 Å². The third-order valence-electron chi connectivity index (χ3n) is 3.65. The molecule has 1 aromatic heterocycles. The van der Waals surface area contributed by atoms with Gasteiger partial charge in [0.15, 0.2) is 5.82 Å². The molecule has 1 unspecified atom stereocenters. The molecule has 116 valence electrons. The Kier molecular flexibility index (Phi) is 6.57. The van der Waals surface area contributed by atoms with E-state index in [1.807, 2.05) is 21.0 Å². The highest BCUT2D eigenvalue weighted by Gasteiger charge is 2.19. The van der Waals surface area contributed by atoms with E-state index in [4.69, 9.17) is 0 Å². The molecule has 0 aliphatic rings. The van der Waals surface area contributed by atoms with E-state index in [1.165, 1.54) is 0 Å². The molecule has 0 spiro atoms. The molecule has 0 aromatic carbocycles. The van der Waals surface area contributed by atoms with Crippen molar-refractivity contribution in [2.24, 2.45) is 5.92 Å². The smallest absolute Gasteiger partial charge is 0.167 e. The minimum Gasteiger partial charge on any atom is -0.363 e. The van der Waals surface area contributed by atoms with Crippen molar-refractivity contribution in [2.75, 3.05) is 26.0 Å². The number of nitriles is 1. The third kappa shape index (κ3) is 4.40. The Morgan fingerprint density at radius 3 is 2.29 bits per heavy atom. The fraction of sp³-hybridized carbons (Fsp3) is 0.688. The van der Waals surface area contributed by atoms with E-state index in [1.54, 1.807) is 0 Å². The molecule has 0 fully saturated rings. The standard InChI is InChI=1S/C16H27N5/c1-7-12-13(9-17)16(20-19-14(12)8-2)18-15(11(3)4)10-21(5)6/h11,15H,7-8,10H2,1-6H3,(H,18,20). The van der Waals surface area contributed by atoms with E-state index in [0.29, 0.717) is 17.3 Å². The highest BCUT2D eigenvalue weighted by molar-refractivity contribution is 5.57. The van der Waals surface area contributed by atoms with Crippen LogP contribution in [0.3, 0.4) is 0 Å². The molecule has 0 saturated heterocycles. The van der Waals surface area contributed by atoms with Crippen LogP contribution in [0.5, 0.6) is 0 Å². The van der Waals surface area contributed by atoms with E-state index in [-0.39, 0.29) is 6.04 Å². The highest BCUT2D eigenvalue weighted by atomic mass is 15.2. The van der Waals surface area contributed by atoms with Gasteiger partial charge in [0.2, 0.25) is 0 Å². The fourth-order valence-corrected chi connectivity index (χ4v) is 2.39. The number of hydrogen-bond donors (Lipinski definition) is 1. The number of anilines is 1. The summed E-state index contributed by atoms with van der Waals surface area (Å²) in [7, 11) is 4.09. The zero-order valence-corrected chi connectivity index (χ0v) is 14.1. The summed E-state index contributed by atoms with van der Waals surface area (Å²) < 4.78 is 0. The van der Waals surface area contributed by atoms with Crippen molar-refractivity contribution < 1.29 is 0 Å². The SMILES string of the molecule is CCc1nnc(NC(CN(C)C)C(C)C)c(C#N)c1CC. The molecule has 0 aliphatic heterocycles. The van der Waals surface area contributed by atoms with Gasteiger partial charge in [-0.1, -0.05) is 27.7 Å². The lowest BCUT2D eigenvalue weighted by Crippen LogP contribution is -2.37. The van der Waals surface area contributed by atoms with E-state index in [9.17, 15) is 5.26 Å². The van der Waals surface area contributed by atoms with Gasteiger partial charge in [-0.05, 0) is 38.4 Å². The summed E-state index contributed by atoms with van der Waals surface area (Å²) >= 11 is 0. The molecule has 0 amide bonds. The number of nitrogens with zero attached hydrogens (tertiary/aromatic N) is 4. The predicted molar refractivity (Wildman–Crippen MR) is 86.3 cm³/mol. The first-order valence-electron chi connectivity index (χ1n) is 7.64. The number of aryl methyl sites for hydroxylation is 1. The average molecular weight is 289 g/mol. The number of nitrogens with one attached hydrogen (secondary N) is 1. The Labute approximate surface area is 128 Å². The van der Waals surface area contributed by atoms with Crippen molar-refractivity contribution in [3.05, 3.63) is 16.8 Å². The monoisotopic (exact) mass is 289 g/mol. The van der Waals surface area contributed by atoms with Crippen LogP contribution in [-0.2, 0) is 12.8 Å². The average Bonchev–Trinajstić information content (AvgIpc) is 2.45. The zero-order chi connectivity index (χ0) is 16.0. The molecule has 1 heterocycles. The summed E-state index contributed by atoms with van der Waals surface area (Å²) in [5, 5.41) is 21.5. The van der Waals surface area contributed by atoms with Gasteiger partial charge in [-0.2, -0.15) is 10.4 Å². The summed E-state index contributed by atoms with van der Waals surface area (Å²) in [4.78, 5) is 2.14.